The number of nitro groups is 1. The van der Waals surface area contributed by atoms with Gasteiger partial charge in [-0.3, -0.25) is 29.3 Å². The monoisotopic (exact) mass is 429 g/mol. The molecule has 0 amide bonds. The average molecular weight is 429 g/mol. The summed E-state index contributed by atoms with van der Waals surface area (Å²) in [6, 6.07) is 0.800. The third kappa shape index (κ3) is 2.86. The van der Waals surface area contributed by atoms with Crippen molar-refractivity contribution in [3.63, 3.8) is 0 Å². The lowest BCUT2D eigenvalue weighted by Gasteiger charge is -2.42. The number of aliphatic hydroxyl groups excluding tert-OH is 2. The molecular weight excluding hydrogens is 410 g/mol. The van der Waals surface area contributed by atoms with Crippen LogP contribution in [0.3, 0.4) is 0 Å². The van der Waals surface area contributed by atoms with E-state index in [4.69, 9.17) is 4.74 Å². The Kier molecular flexibility index (Phi) is 4.86. The van der Waals surface area contributed by atoms with Crippen LogP contribution in [0.1, 0.15) is 50.8 Å². The zero-order valence-electron chi connectivity index (χ0n) is 16.7. The van der Waals surface area contributed by atoms with E-state index in [1.165, 1.54) is 26.2 Å². The summed E-state index contributed by atoms with van der Waals surface area (Å²) in [5, 5.41) is 32.5. The number of rotatable bonds is 3. The molecule has 3 unspecified atom stereocenters. The van der Waals surface area contributed by atoms with Crippen LogP contribution in [-0.2, 0) is 4.79 Å². The molecule has 162 valence electrons. The molecule has 0 heterocycles. The van der Waals surface area contributed by atoms with Gasteiger partial charge in [-0.2, -0.15) is 0 Å². The smallest absolute Gasteiger partial charge is 0.248 e. The molecule has 0 aliphatic heterocycles. The molecule has 1 aromatic rings. The minimum absolute atomic E-state index is 0.0545. The number of fused-ring (bicyclic) bond motifs is 2. The van der Waals surface area contributed by atoms with Gasteiger partial charge in [-0.05, 0) is 31.9 Å². The summed E-state index contributed by atoms with van der Waals surface area (Å²) in [4.78, 5) is 63.5. The summed E-state index contributed by atoms with van der Waals surface area (Å²) in [5.74, 6) is -5.78. The van der Waals surface area contributed by atoms with Crippen molar-refractivity contribution in [2.75, 3.05) is 7.11 Å². The minimum atomic E-state index is -1.81. The first-order valence-corrected chi connectivity index (χ1v) is 9.69. The van der Waals surface area contributed by atoms with E-state index in [-0.39, 0.29) is 35.3 Å². The predicted molar refractivity (Wildman–Crippen MR) is 103 cm³/mol. The normalized spacial score (nSPS) is 29.8. The molecule has 0 radical (unpaired) electrons. The summed E-state index contributed by atoms with van der Waals surface area (Å²) in [7, 11) is 1.24. The molecule has 0 saturated heterocycles. The number of carbonyl (C=O) groups is 4. The first-order chi connectivity index (χ1) is 14.6. The number of benzene rings is 1. The molecule has 31 heavy (non-hydrogen) atoms. The molecular formula is C21H19NO9. The minimum Gasteiger partial charge on any atom is -0.496 e. The number of hydrogen-bond acceptors (Lipinski definition) is 9. The van der Waals surface area contributed by atoms with Crippen LogP contribution >= 0.6 is 0 Å². The van der Waals surface area contributed by atoms with E-state index in [1.807, 2.05) is 0 Å². The fourth-order valence-electron chi connectivity index (χ4n) is 5.12. The number of aliphatic hydroxyl groups is 2. The van der Waals surface area contributed by atoms with E-state index >= 15 is 0 Å². The molecule has 3 aliphatic rings. The largest absolute Gasteiger partial charge is 0.496 e. The predicted octanol–water partition coefficient (Wildman–Crippen LogP) is 0.549. The van der Waals surface area contributed by atoms with Gasteiger partial charge < -0.3 is 14.9 Å². The van der Waals surface area contributed by atoms with Crippen LogP contribution in [-0.4, -0.2) is 63.6 Å². The van der Waals surface area contributed by atoms with Crippen LogP contribution in [0.4, 0.5) is 0 Å². The lowest BCUT2D eigenvalue weighted by molar-refractivity contribution is -0.526. The maximum absolute atomic E-state index is 13.5. The van der Waals surface area contributed by atoms with Gasteiger partial charge in [0.05, 0.1) is 41.9 Å². The lowest BCUT2D eigenvalue weighted by atomic mass is 9.60. The van der Waals surface area contributed by atoms with Crippen molar-refractivity contribution in [3.05, 3.63) is 50.1 Å². The highest BCUT2D eigenvalue weighted by atomic mass is 16.6. The number of hydrogen-bond donors (Lipinski definition) is 2. The average Bonchev–Trinajstić information content (AvgIpc) is 2.70. The van der Waals surface area contributed by atoms with Gasteiger partial charge in [0.25, 0.3) is 0 Å². The van der Waals surface area contributed by atoms with E-state index in [1.54, 1.807) is 0 Å². The van der Waals surface area contributed by atoms with E-state index in [0.29, 0.717) is 0 Å². The molecule has 10 heteroatoms. The van der Waals surface area contributed by atoms with Crippen molar-refractivity contribution in [2.45, 2.75) is 38.0 Å². The molecule has 2 N–H and O–H groups in total. The zero-order chi connectivity index (χ0) is 22.8. The van der Waals surface area contributed by atoms with Crippen molar-refractivity contribution in [2.24, 2.45) is 11.8 Å². The van der Waals surface area contributed by atoms with E-state index in [2.05, 4.69) is 0 Å². The molecule has 0 spiro atoms. The van der Waals surface area contributed by atoms with Gasteiger partial charge in [0.1, 0.15) is 5.75 Å². The van der Waals surface area contributed by atoms with Crippen LogP contribution < -0.4 is 4.74 Å². The van der Waals surface area contributed by atoms with Crippen molar-refractivity contribution in [3.8, 4) is 5.75 Å². The topological polar surface area (TPSA) is 161 Å². The molecule has 1 aromatic carbocycles. The molecule has 1 saturated carbocycles. The highest BCUT2D eigenvalue weighted by molar-refractivity contribution is 6.39. The summed E-state index contributed by atoms with van der Waals surface area (Å²) < 4.78 is 5.17. The standard InChI is InChI=1S/C21H19NO9/c1-7(23)9-3-4-12(31-2)15-14(9)20(27)17-16(21(15)28)18(22(29)30)13-10(19(17)26)5-8(24)6-11(13)25/h3-4,8,10-11,13,18,24-25H,5-6H2,1-2H3/t8-,10?,11+,13?,18?/m0/s1. The van der Waals surface area contributed by atoms with Gasteiger partial charge in [-0.15, -0.1) is 0 Å². The number of methoxy groups -OCH3 is 1. The molecule has 0 aromatic heterocycles. The number of nitrogens with zero attached hydrogens (tertiary/aromatic N) is 1. The number of ether oxygens (including phenoxy) is 1. The maximum atomic E-state index is 13.5. The first kappa shape index (κ1) is 21.0. The first-order valence-electron chi connectivity index (χ1n) is 9.69. The Morgan fingerprint density at radius 1 is 1.13 bits per heavy atom. The van der Waals surface area contributed by atoms with Gasteiger partial charge in [-0.25, -0.2) is 0 Å². The second-order valence-corrected chi connectivity index (χ2v) is 8.04. The number of allylic oxidation sites excluding steroid dienone is 1. The summed E-state index contributed by atoms with van der Waals surface area (Å²) in [5.41, 5.74) is -1.96. The van der Waals surface area contributed by atoms with Gasteiger partial charge >= 0.3 is 0 Å². The SMILES string of the molecule is COc1ccc(C(C)=O)c2c1C(=O)C1=C(C2=O)C(=O)C2C[C@H](O)C[C@@H](O)C2C1[N+](=O)[O-]. The summed E-state index contributed by atoms with van der Waals surface area (Å²) in [6.45, 7) is 1.19. The summed E-state index contributed by atoms with van der Waals surface area (Å²) >= 11 is 0. The molecule has 0 bridgehead atoms. The Balaban J connectivity index is 2.03. The summed E-state index contributed by atoms with van der Waals surface area (Å²) in [6.07, 6.45) is -2.84. The maximum Gasteiger partial charge on any atom is 0.248 e. The van der Waals surface area contributed by atoms with Crippen LogP contribution in [0.5, 0.6) is 5.75 Å². The second kappa shape index (κ2) is 7.17. The van der Waals surface area contributed by atoms with Crippen LogP contribution in [0, 0.1) is 22.0 Å². The van der Waals surface area contributed by atoms with Crippen LogP contribution in [0.15, 0.2) is 23.3 Å². The Bertz CT molecular complexity index is 1100. The zero-order valence-corrected chi connectivity index (χ0v) is 16.7. The quantitative estimate of drug-likeness (QED) is 0.302. The van der Waals surface area contributed by atoms with Crippen LogP contribution in [0.25, 0.3) is 0 Å². The van der Waals surface area contributed by atoms with E-state index in [9.17, 15) is 39.5 Å². The van der Waals surface area contributed by atoms with E-state index in [0.717, 1.165) is 0 Å². The van der Waals surface area contributed by atoms with Gasteiger partial charge in [0.15, 0.2) is 17.3 Å². The fourth-order valence-corrected chi connectivity index (χ4v) is 5.12. The van der Waals surface area contributed by atoms with Gasteiger partial charge in [-0.1, -0.05) is 0 Å². The third-order valence-corrected chi connectivity index (χ3v) is 6.38. The van der Waals surface area contributed by atoms with Crippen molar-refractivity contribution < 1.29 is 39.1 Å². The Labute approximate surface area is 175 Å². The molecule has 3 aliphatic carbocycles. The number of Topliss-reactive ketones (excluding diaryl/α,β-unsaturated/α-hetero) is 4. The lowest BCUT2D eigenvalue weighted by Crippen LogP contribution is -2.56. The van der Waals surface area contributed by atoms with Crippen molar-refractivity contribution >= 4 is 23.1 Å². The third-order valence-electron chi connectivity index (χ3n) is 6.38. The van der Waals surface area contributed by atoms with Crippen molar-refractivity contribution in [1.82, 2.24) is 0 Å². The number of ketones is 4. The van der Waals surface area contributed by atoms with Crippen LogP contribution in [0.2, 0.25) is 0 Å². The fraction of sp³-hybridized carbons (Fsp3) is 0.429. The molecule has 5 atom stereocenters. The highest BCUT2D eigenvalue weighted by Gasteiger charge is 2.60. The second-order valence-electron chi connectivity index (χ2n) is 8.04. The Morgan fingerprint density at radius 3 is 2.39 bits per heavy atom. The Morgan fingerprint density at radius 2 is 1.81 bits per heavy atom. The molecule has 1 fully saturated rings. The molecule has 4 rings (SSSR count). The number of carbonyl (C=O) groups excluding carboxylic acids is 4. The Hall–Kier alpha value is -3.24. The highest BCUT2D eigenvalue weighted by Crippen LogP contribution is 2.47. The van der Waals surface area contributed by atoms with Gasteiger partial charge in [0, 0.05) is 22.0 Å². The van der Waals surface area contributed by atoms with Crippen molar-refractivity contribution in [1.29, 1.82) is 0 Å². The van der Waals surface area contributed by atoms with Gasteiger partial charge in [0.2, 0.25) is 11.8 Å². The van der Waals surface area contributed by atoms with E-state index < -0.39 is 69.3 Å². The molecule has 10 nitrogen and oxygen atoms in total.